The number of ether oxygens (including phenoxy) is 3. The van der Waals surface area contributed by atoms with Gasteiger partial charge >= 0.3 is 11.4 Å². The van der Waals surface area contributed by atoms with Crippen LogP contribution in [0.2, 0.25) is 0 Å². The lowest BCUT2D eigenvalue weighted by molar-refractivity contribution is 0.111. The van der Waals surface area contributed by atoms with E-state index in [9.17, 15) is 28.8 Å². The first-order valence-corrected chi connectivity index (χ1v) is 13.1. The van der Waals surface area contributed by atoms with E-state index in [4.69, 9.17) is 14.2 Å². The Bertz CT molecular complexity index is 1830. The van der Waals surface area contributed by atoms with E-state index in [1.807, 2.05) is 6.92 Å². The van der Waals surface area contributed by atoms with E-state index in [2.05, 4.69) is 0 Å². The molecule has 0 N–H and O–H groups in total. The Balaban J connectivity index is 0.000000236. The van der Waals surface area contributed by atoms with Crippen molar-refractivity contribution in [3.05, 3.63) is 119 Å². The van der Waals surface area contributed by atoms with Crippen LogP contribution in [0, 0.1) is 6.92 Å². The number of carbonyl (C=O) groups is 2. The van der Waals surface area contributed by atoms with Gasteiger partial charge in [-0.15, -0.1) is 0 Å². The van der Waals surface area contributed by atoms with Crippen LogP contribution in [0.5, 0.6) is 17.2 Å². The maximum Gasteiger partial charge on any atom is 0.330 e. The van der Waals surface area contributed by atoms with Gasteiger partial charge in [0.1, 0.15) is 31.5 Å². The van der Waals surface area contributed by atoms with Crippen molar-refractivity contribution in [2.45, 2.75) is 20.0 Å². The fourth-order valence-electron chi connectivity index (χ4n) is 3.92. The zero-order chi connectivity index (χ0) is 31.5. The second kappa shape index (κ2) is 15.0. The number of aromatic nitrogens is 4. The SMILES string of the molecule is COc1cc(C=O)ccc1OCCn1c(=O)ccn(C)c1=O.Cc1cc(C=O)ccc1OCCn1c(=O)ccn(C)c1=O. The zero-order valence-corrected chi connectivity index (χ0v) is 24.2. The molecular weight excluding hydrogens is 560 g/mol. The van der Waals surface area contributed by atoms with Gasteiger partial charge in [0, 0.05) is 49.7 Å². The van der Waals surface area contributed by atoms with Crippen LogP contribution in [0.4, 0.5) is 0 Å². The summed E-state index contributed by atoms with van der Waals surface area (Å²) in [6.07, 6.45) is 4.33. The summed E-state index contributed by atoms with van der Waals surface area (Å²) in [4.78, 5) is 68.4. The number of rotatable bonds is 11. The summed E-state index contributed by atoms with van der Waals surface area (Å²) in [6.45, 7) is 2.43. The molecule has 0 aliphatic heterocycles. The Kier molecular flexibility index (Phi) is 11.2. The molecular formula is C30H32N4O9. The standard InChI is InChI=1S/C15H16N2O5.C15H16N2O4/c1-16-6-5-14(19)17(15(16)20)7-8-22-12-4-3-11(10-18)9-13(12)21-2;1-11-9-12(10-18)3-4-13(11)21-8-7-17-14(19)5-6-16(2)15(17)20/h3-6,9-10H,7-8H2,1-2H3;3-6,9-10H,7-8H2,1-2H3. The van der Waals surface area contributed by atoms with Crippen molar-refractivity contribution < 1.29 is 23.8 Å². The molecule has 0 fully saturated rings. The third-order valence-corrected chi connectivity index (χ3v) is 6.28. The molecule has 13 heteroatoms. The number of carbonyl (C=O) groups excluding carboxylic acids is 2. The van der Waals surface area contributed by atoms with E-state index >= 15 is 0 Å². The summed E-state index contributed by atoms with van der Waals surface area (Å²) in [5, 5.41) is 0. The van der Waals surface area contributed by atoms with E-state index in [1.54, 1.807) is 50.5 Å². The molecule has 0 amide bonds. The van der Waals surface area contributed by atoms with Gasteiger partial charge in [0.15, 0.2) is 11.5 Å². The lowest BCUT2D eigenvalue weighted by Crippen LogP contribution is -2.39. The summed E-state index contributed by atoms with van der Waals surface area (Å²) < 4.78 is 21.1. The second-order valence-corrected chi connectivity index (χ2v) is 9.27. The minimum atomic E-state index is -0.403. The van der Waals surface area contributed by atoms with Gasteiger partial charge in [0.05, 0.1) is 20.2 Å². The fraction of sp³-hybridized carbons (Fsp3) is 0.267. The van der Waals surface area contributed by atoms with Gasteiger partial charge in [-0.3, -0.25) is 28.3 Å². The van der Waals surface area contributed by atoms with Crippen LogP contribution < -0.4 is 36.7 Å². The van der Waals surface area contributed by atoms with E-state index in [1.165, 1.54) is 40.8 Å². The van der Waals surface area contributed by atoms with E-state index in [0.717, 1.165) is 21.0 Å². The van der Waals surface area contributed by atoms with Gasteiger partial charge in [-0.25, -0.2) is 9.59 Å². The first-order chi connectivity index (χ1) is 20.6. The quantitative estimate of drug-likeness (QED) is 0.234. The molecule has 0 aliphatic rings. The first kappa shape index (κ1) is 32.1. The molecule has 13 nitrogen and oxygen atoms in total. The molecule has 2 heterocycles. The molecule has 226 valence electrons. The second-order valence-electron chi connectivity index (χ2n) is 9.27. The van der Waals surface area contributed by atoms with Gasteiger partial charge in [-0.2, -0.15) is 0 Å². The van der Waals surface area contributed by atoms with E-state index in [0.29, 0.717) is 34.7 Å². The molecule has 0 saturated heterocycles. The number of hydrogen-bond donors (Lipinski definition) is 0. The maximum atomic E-state index is 11.8. The summed E-state index contributed by atoms with van der Waals surface area (Å²) in [5.74, 6) is 1.48. The molecule has 0 saturated carbocycles. The molecule has 0 atom stereocenters. The molecule has 0 bridgehead atoms. The Labute approximate surface area is 245 Å². The molecule has 2 aromatic heterocycles. The average Bonchev–Trinajstić information content (AvgIpc) is 3.01. The smallest absolute Gasteiger partial charge is 0.330 e. The highest BCUT2D eigenvalue weighted by Crippen LogP contribution is 2.27. The van der Waals surface area contributed by atoms with Crippen LogP contribution in [0.3, 0.4) is 0 Å². The van der Waals surface area contributed by atoms with Crippen molar-refractivity contribution in [1.82, 2.24) is 18.3 Å². The predicted octanol–water partition coefficient (Wildman–Crippen LogP) is 1.19. The first-order valence-electron chi connectivity index (χ1n) is 13.1. The Morgan fingerprint density at radius 1 is 0.651 bits per heavy atom. The van der Waals surface area contributed by atoms with Gasteiger partial charge in [-0.05, 0) is 48.9 Å². The highest BCUT2D eigenvalue weighted by Gasteiger charge is 2.08. The monoisotopic (exact) mass is 592 g/mol. The van der Waals surface area contributed by atoms with Gasteiger partial charge < -0.3 is 23.3 Å². The predicted molar refractivity (Wildman–Crippen MR) is 158 cm³/mol. The molecule has 43 heavy (non-hydrogen) atoms. The normalized spacial score (nSPS) is 10.3. The van der Waals surface area contributed by atoms with Crippen molar-refractivity contribution in [2.75, 3.05) is 20.3 Å². The van der Waals surface area contributed by atoms with E-state index in [-0.39, 0.29) is 43.1 Å². The molecule has 0 radical (unpaired) electrons. The molecule has 0 aliphatic carbocycles. The number of aldehydes is 2. The molecule has 0 unspecified atom stereocenters. The third kappa shape index (κ3) is 8.28. The van der Waals surface area contributed by atoms with Crippen molar-refractivity contribution >= 4 is 12.6 Å². The van der Waals surface area contributed by atoms with Crippen LogP contribution in [0.25, 0.3) is 0 Å². The maximum absolute atomic E-state index is 11.8. The number of methoxy groups -OCH3 is 1. The van der Waals surface area contributed by atoms with Gasteiger partial charge in [-0.1, -0.05) is 0 Å². The van der Waals surface area contributed by atoms with Gasteiger partial charge in [0.2, 0.25) is 0 Å². The zero-order valence-electron chi connectivity index (χ0n) is 24.2. The minimum absolute atomic E-state index is 0.116. The lowest BCUT2D eigenvalue weighted by atomic mass is 10.1. The van der Waals surface area contributed by atoms with Crippen molar-refractivity contribution in [1.29, 1.82) is 0 Å². The van der Waals surface area contributed by atoms with Crippen molar-refractivity contribution in [3.63, 3.8) is 0 Å². The van der Waals surface area contributed by atoms with Gasteiger partial charge in [0.25, 0.3) is 11.1 Å². The molecule has 0 spiro atoms. The Morgan fingerprint density at radius 3 is 1.58 bits per heavy atom. The molecule has 4 rings (SSSR count). The van der Waals surface area contributed by atoms with Crippen LogP contribution in [0.1, 0.15) is 26.3 Å². The summed E-state index contributed by atoms with van der Waals surface area (Å²) >= 11 is 0. The van der Waals surface area contributed by atoms with Crippen molar-refractivity contribution in [3.8, 4) is 17.2 Å². The highest BCUT2D eigenvalue weighted by molar-refractivity contribution is 5.76. The highest BCUT2D eigenvalue weighted by atomic mass is 16.5. The topological polar surface area (TPSA) is 150 Å². The summed E-state index contributed by atoms with van der Waals surface area (Å²) in [6, 6.07) is 12.5. The number of hydrogen-bond acceptors (Lipinski definition) is 9. The summed E-state index contributed by atoms with van der Waals surface area (Å²) in [7, 11) is 4.62. The molecule has 4 aromatic rings. The molecule has 2 aromatic carbocycles. The lowest BCUT2D eigenvalue weighted by Gasteiger charge is -2.12. The minimum Gasteiger partial charge on any atom is -0.493 e. The number of benzene rings is 2. The van der Waals surface area contributed by atoms with Crippen molar-refractivity contribution in [2.24, 2.45) is 14.1 Å². The summed E-state index contributed by atoms with van der Waals surface area (Å²) in [5.41, 5.74) is 0.362. The van der Waals surface area contributed by atoms with Crippen LogP contribution in [-0.2, 0) is 27.2 Å². The Morgan fingerprint density at radius 2 is 1.12 bits per heavy atom. The number of nitrogens with zero attached hydrogens (tertiary/aromatic N) is 4. The van der Waals surface area contributed by atoms with E-state index < -0.39 is 5.69 Å². The average molecular weight is 593 g/mol. The number of aryl methyl sites for hydroxylation is 3. The Hall–Kier alpha value is -5.46. The van der Waals surface area contributed by atoms with Crippen LogP contribution in [0.15, 0.2) is 80.1 Å². The van der Waals surface area contributed by atoms with Crippen LogP contribution >= 0.6 is 0 Å². The largest absolute Gasteiger partial charge is 0.493 e. The van der Waals surface area contributed by atoms with Crippen LogP contribution in [-0.4, -0.2) is 51.2 Å². The fourth-order valence-corrected chi connectivity index (χ4v) is 3.92. The third-order valence-electron chi connectivity index (χ3n) is 6.28.